The van der Waals surface area contributed by atoms with Crippen LogP contribution in [0.5, 0.6) is 0 Å². The standard InChI is InChI=1S/C17H32N2O3/c1-16(2,3)22-15(20)19-9-7-17(4,8-10-19)18-12-14-6-5-11-21-13-14/h14,18H,5-13H2,1-4H3. The molecule has 22 heavy (non-hydrogen) atoms. The van der Waals surface area contributed by atoms with Gasteiger partial charge in [0.1, 0.15) is 5.60 Å². The molecule has 2 rings (SSSR count). The SMILES string of the molecule is CC1(NCC2CCCOC2)CCN(C(=O)OC(C)(C)C)CC1. The number of ether oxygens (including phenoxy) is 2. The van der Waals surface area contributed by atoms with Gasteiger partial charge in [0.25, 0.3) is 0 Å². The lowest BCUT2D eigenvalue weighted by Crippen LogP contribution is -2.54. The summed E-state index contributed by atoms with van der Waals surface area (Å²) in [6.07, 6.45) is 4.19. The highest BCUT2D eigenvalue weighted by molar-refractivity contribution is 5.68. The van der Waals surface area contributed by atoms with Crippen LogP contribution in [0.4, 0.5) is 4.79 Å². The smallest absolute Gasteiger partial charge is 0.410 e. The Morgan fingerprint density at radius 2 is 2.05 bits per heavy atom. The van der Waals surface area contributed by atoms with E-state index in [1.54, 1.807) is 0 Å². The number of nitrogens with zero attached hydrogens (tertiary/aromatic N) is 1. The molecule has 0 aromatic carbocycles. The maximum absolute atomic E-state index is 12.1. The molecule has 1 unspecified atom stereocenters. The minimum Gasteiger partial charge on any atom is -0.444 e. The topological polar surface area (TPSA) is 50.8 Å². The van der Waals surface area contributed by atoms with Crippen LogP contribution in [-0.4, -0.2) is 55.0 Å². The zero-order valence-corrected chi connectivity index (χ0v) is 14.6. The molecule has 0 aromatic rings. The van der Waals surface area contributed by atoms with Gasteiger partial charge >= 0.3 is 6.09 Å². The van der Waals surface area contributed by atoms with Crippen LogP contribution in [0.15, 0.2) is 0 Å². The monoisotopic (exact) mass is 312 g/mol. The first kappa shape index (κ1) is 17.5. The number of hydrogen-bond donors (Lipinski definition) is 1. The third kappa shape index (κ3) is 5.43. The second-order valence-corrected chi connectivity index (χ2v) is 7.99. The minimum atomic E-state index is -0.420. The molecule has 0 bridgehead atoms. The Kier molecular flexibility index (Phi) is 5.72. The molecule has 0 spiro atoms. The molecule has 128 valence electrons. The summed E-state index contributed by atoms with van der Waals surface area (Å²) in [7, 11) is 0. The van der Waals surface area contributed by atoms with Crippen molar-refractivity contribution in [1.29, 1.82) is 0 Å². The molecule has 2 heterocycles. The van der Waals surface area contributed by atoms with Crippen molar-refractivity contribution in [1.82, 2.24) is 10.2 Å². The second-order valence-electron chi connectivity index (χ2n) is 7.99. The summed E-state index contributed by atoms with van der Waals surface area (Å²) < 4.78 is 11.0. The number of hydrogen-bond acceptors (Lipinski definition) is 4. The molecule has 0 aromatic heterocycles. The molecule has 5 heteroatoms. The van der Waals surface area contributed by atoms with Gasteiger partial charge in [-0.1, -0.05) is 0 Å². The normalized spacial score (nSPS) is 25.8. The van der Waals surface area contributed by atoms with Gasteiger partial charge < -0.3 is 19.7 Å². The van der Waals surface area contributed by atoms with E-state index in [0.29, 0.717) is 5.92 Å². The van der Waals surface area contributed by atoms with E-state index in [9.17, 15) is 4.79 Å². The quantitative estimate of drug-likeness (QED) is 0.870. The molecule has 0 aliphatic carbocycles. The van der Waals surface area contributed by atoms with Crippen molar-refractivity contribution in [2.45, 2.75) is 64.5 Å². The molecule has 0 saturated carbocycles. The Morgan fingerprint density at radius 1 is 1.36 bits per heavy atom. The van der Waals surface area contributed by atoms with Crippen LogP contribution in [0, 0.1) is 5.92 Å². The first-order valence-electron chi connectivity index (χ1n) is 8.58. The van der Waals surface area contributed by atoms with Gasteiger partial charge in [-0.3, -0.25) is 0 Å². The van der Waals surface area contributed by atoms with Gasteiger partial charge in [-0.05, 0) is 59.3 Å². The lowest BCUT2D eigenvalue weighted by molar-refractivity contribution is 0.0142. The molecule has 0 radical (unpaired) electrons. The summed E-state index contributed by atoms with van der Waals surface area (Å²) in [5.41, 5.74) is -0.299. The van der Waals surface area contributed by atoms with Gasteiger partial charge in [0.2, 0.25) is 0 Å². The molecule has 5 nitrogen and oxygen atoms in total. The van der Waals surface area contributed by atoms with E-state index in [4.69, 9.17) is 9.47 Å². The summed E-state index contributed by atoms with van der Waals surface area (Å²) in [5.74, 6) is 0.634. The van der Waals surface area contributed by atoms with Crippen LogP contribution < -0.4 is 5.32 Å². The van der Waals surface area contributed by atoms with Gasteiger partial charge in [-0.15, -0.1) is 0 Å². The summed E-state index contributed by atoms with van der Waals surface area (Å²) >= 11 is 0. The summed E-state index contributed by atoms with van der Waals surface area (Å²) in [6.45, 7) is 12.3. The average Bonchev–Trinajstić information content (AvgIpc) is 2.45. The number of carbonyl (C=O) groups is 1. The maximum Gasteiger partial charge on any atom is 0.410 e. The number of amides is 1. The van der Waals surface area contributed by atoms with Crippen LogP contribution in [0.25, 0.3) is 0 Å². The van der Waals surface area contributed by atoms with Crippen LogP contribution in [-0.2, 0) is 9.47 Å². The zero-order valence-electron chi connectivity index (χ0n) is 14.6. The fourth-order valence-electron chi connectivity index (χ4n) is 3.05. The molecule has 2 aliphatic rings. The lowest BCUT2D eigenvalue weighted by atomic mass is 9.88. The van der Waals surface area contributed by atoms with Crippen molar-refractivity contribution in [3.05, 3.63) is 0 Å². The molecule has 1 atom stereocenters. The van der Waals surface area contributed by atoms with Gasteiger partial charge in [-0.25, -0.2) is 4.79 Å². The van der Waals surface area contributed by atoms with E-state index >= 15 is 0 Å². The van der Waals surface area contributed by atoms with Crippen molar-refractivity contribution in [2.75, 3.05) is 32.8 Å². The third-order valence-corrected chi connectivity index (χ3v) is 4.59. The van der Waals surface area contributed by atoms with Crippen LogP contribution in [0.1, 0.15) is 53.4 Å². The minimum absolute atomic E-state index is 0.121. The molecule has 2 fully saturated rings. The number of nitrogens with one attached hydrogen (secondary N) is 1. The van der Waals surface area contributed by atoms with E-state index in [0.717, 1.165) is 45.7 Å². The summed E-state index contributed by atoms with van der Waals surface area (Å²) in [6, 6.07) is 0. The number of carbonyl (C=O) groups excluding carboxylic acids is 1. The molecular formula is C17H32N2O3. The van der Waals surface area contributed by atoms with Gasteiger partial charge in [0.15, 0.2) is 0 Å². The van der Waals surface area contributed by atoms with E-state index in [1.165, 1.54) is 12.8 Å². The average molecular weight is 312 g/mol. The van der Waals surface area contributed by atoms with E-state index in [1.807, 2.05) is 25.7 Å². The van der Waals surface area contributed by atoms with Crippen molar-refractivity contribution >= 4 is 6.09 Å². The van der Waals surface area contributed by atoms with Crippen LogP contribution in [0.3, 0.4) is 0 Å². The molecule has 1 N–H and O–H groups in total. The molecule has 2 aliphatic heterocycles. The maximum atomic E-state index is 12.1. The number of likely N-dealkylation sites (tertiary alicyclic amines) is 1. The Hall–Kier alpha value is -0.810. The van der Waals surface area contributed by atoms with Gasteiger partial charge in [0, 0.05) is 31.8 Å². The molecule has 1 amide bonds. The third-order valence-electron chi connectivity index (χ3n) is 4.59. The highest BCUT2D eigenvalue weighted by Crippen LogP contribution is 2.24. The molecule has 2 saturated heterocycles. The predicted molar refractivity (Wildman–Crippen MR) is 87.0 cm³/mol. The van der Waals surface area contributed by atoms with Gasteiger partial charge in [0.05, 0.1) is 6.61 Å². The van der Waals surface area contributed by atoms with E-state index < -0.39 is 5.60 Å². The van der Waals surface area contributed by atoms with Crippen LogP contribution >= 0.6 is 0 Å². The van der Waals surface area contributed by atoms with E-state index in [-0.39, 0.29) is 11.6 Å². The van der Waals surface area contributed by atoms with Crippen molar-refractivity contribution in [2.24, 2.45) is 5.92 Å². The predicted octanol–water partition coefficient (Wildman–Crippen LogP) is 2.79. The first-order valence-corrected chi connectivity index (χ1v) is 8.58. The Balaban J connectivity index is 1.74. The molecular weight excluding hydrogens is 280 g/mol. The lowest BCUT2D eigenvalue weighted by Gasteiger charge is -2.41. The fraction of sp³-hybridized carbons (Fsp3) is 0.941. The second kappa shape index (κ2) is 7.18. The van der Waals surface area contributed by atoms with Crippen molar-refractivity contribution in [3.8, 4) is 0 Å². The first-order chi connectivity index (χ1) is 10.3. The number of rotatable bonds is 3. The Morgan fingerprint density at radius 3 is 2.59 bits per heavy atom. The van der Waals surface area contributed by atoms with E-state index in [2.05, 4.69) is 12.2 Å². The largest absolute Gasteiger partial charge is 0.444 e. The highest BCUT2D eigenvalue weighted by atomic mass is 16.6. The van der Waals surface area contributed by atoms with Crippen molar-refractivity contribution < 1.29 is 14.3 Å². The van der Waals surface area contributed by atoms with Gasteiger partial charge in [-0.2, -0.15) is 0 Å². The van der Waals surface area contributed by atoms with Crippen molar-refractivity contribution in [3.63, 3.8) is 0 Å². The number of piperidine rings is 1. The Labute approximate surface area is 134 Å². The van der Waals surface area contributed by atoms with Crippen LogP contribution in [0.2, 0.25) is 0 Å². The fourth-order valence-corrected chi connectivity index (χ4v) is 3.05. The zero-order chi connectivity index (χ0) is 16.2. The highest BCUT2D eigenvalue weighted by Gasteiger charge is 2.33. The Bertz CT molecular complexity index is 365. The summed E-state index contributed by atoms with van der Waals surface area (Å²) in [5, 5.41) is 3.72. The summed E-state index contributed by atoms with van der Waals surface area (Å²) in [4.78, 5) is 13.9.